The summed E-state index contributed by atoms with van der Waals surface area (Å²) in [6, 6.07) is 6.15. The summed E-state index contributed by atoms with van der Waals surface area (Å²) in [7, 11) is 0. The van der Waals surface area contributed by atoms with Crippen molar-refractivity contribution in [1.29, 1.82) is 0 Å². The third kappa shape index (κ3) is 3.18. The highest BCUT2D eigenvalue weighted by atomic mass is 16.5. The van der Waals surface area contributed by atoms with E-state index in [2.05, 4.69) is 0 Å². The van der Waals surface area contributed by atoms with Crippen molar-refractivity contribution in [1.82, 2.24) is 0 Å². The number of phenolic OH excluding ortho intramolecular Hbond substituents is 1. The highest BCUT2D eigenvalue weighted by molar-refractivity contribution is 5.97. The maximum Gasteiger partial charge on any atom is 0.188 e. The first kappa shape index (κ1) is 10.7. The Kier molecular flexibility index (Phi) is 3.65. The number of benzene rings is 1. The van der Waals surface area contributed by atoms with Crippen LogP contribution in [0.15, 0.2) is 24.3 Å². The quantitative estimate of drug-likeness (QED) is 0.746. The van der Waals surface area contributed by atoms with Crippen LogP contribution in [0.3, 0.4) is 0 Å². The smallest absolute Gasteiger partial charge is 0.188 e. The van der Waals surface area contributed by atoms with Crippen molar-refractivity contribution < 1.29 is 14.6 Å². The zero-order valence-corrected chi connectivity index (χ0v) is 8.36. The Morgan fingerprint density at radius 3 is 2.43 bits per heavy atom. The van der Waals surface area contributed by atoms with Gasteiger partial charge in [-0.05, 0) is 38.1 Å². The van der Waals surface area contributed by atoms with Crippen molar-refractivity contribution in [2.75, 3.05) is 6.61 Å². The summed E-state index contributed by atoms with van der Waals surface area (Å²) in [6.07, 6.45) is 0.0519. The molecule has 76 valence electrons. The van der Waals surface area contributed by atoms with E-state index in [9.17, 15) is 4.79 Å². The van der Waals surface area contributed by atoms with Gasteiger partial charge in [-0.25, -0.2) is 0 Å². The highest BCUT2D eigenvalue weighted by Gasteiger charge is 2.06. The highest BCUT2D eigenvalue weighted by Crippen LogP contribution is 2.10. The first-order valence-electron chi connectivity index (χ1n) is 4.53. The van der Waals surface area contributed by atoms with Crippen molar-refractivity contribution >= 4 is 5.78 Å². The van der Waals surface area contributed by atoms with Gasteiger partial charge in [0, 0.05) is 5.56 Å². The third-order valence-electron chi connectivity index (χ3n) is 1.74. The van der Waals surface area contributed by atoms with Crippen molar-refractivity contribution in [2.24, 2.45) is 0 Å². The van der Waals surface area contributed by atoms with Gasteiger partial charge in [-0.15, -0.1) is 0 Å². The number of carbonyl (C=O) groups excluding carboxylic acids is 1. The molecule has 1 aromatic carbocycles. The summed E-state index contributed by atoms with van der Waals surface area (Å²) in [5.41, 5.74) is 0.559. The first-order valence-corrected chi connectivity index (χ1v) is 4.53. The lowest BCUT2D eigenvalue weighted by Crippen LogP contribution is -2.13. The van der Waals surface area contributed by atoms with Crippen LogP contribution in [0.25, 0.3) is 0 Å². The predicted octanol–water partition coefficient (Wildman–Crippen LogP) is 2.00. The molecule has 0 amide bonds. The molecule has 0 heterocycles. The maximum absolute atomic E-state index is 11.5. The Bertz CT molecular complexity index is 301. The Morgan fingerprint density at radius 2 is 1.93 bits per heavy atom. The molecule has 0 saturated carbocycles. The number of hydrogen-bond donors (Lipinski definition) is 1. The van der Waals surface area contributed by atoms with E-state index < -0.39 is 0 Å². The van der Waals surface area contributed by atoms with E-state index in [0.717, 1.165) is 0 Å². The SMILES string of the molecule is CC(C)OCC(=O)c1ccc(O)cc1. The minimum Gasteiger partial charge on any atom is -0.508 e. The molecule has 0 spiro atoms. The lowest BCUT2D eigenvalue weighted by Gasteiger charge is -2.06. The normalized spacial score (nSPS) is 10.5. The number of carbonyl (C=O) groups is 1. The standard InChI is InChI=1S/C11H14O3/c1-8(2)14-7-11(13)9-3-5-10(12)6-4-9/h3-6,8,12H,7H2,1-2H3. The second kappa shape index (κ2) is 4.77. The average Bonchev–Trinajstić information content (AvgIpc) is 2.15. The van der Waals surface area contributed by atoms with Gasteiger partial charge in [0.25, 0.3) is 0 Å². The van der Waals surface area contributed by atoms with E-state index in [-0.39, 0.29) is 24.2 Å². The summed E-state index contributed by atoms with van der Waals surface area (Å²) in [5.74, 6) is 0.0880. The summed E-state index contributed by atoms with van der Waals surface area (Å²) in [6.45, 7) is 3.84. The molecular weight excluding hydrogens is 180 g/mol. The van der Waals surface area contributed by atoms with Crippen LogP contribution >= 0.6 is 0 Å². The van der Waals surface area contributed by atoms with Gasteiger partial charge in [-0.2, -0.15) is 0 Å². The van der Waals surface area contributed by atoms with Crippen molar-refractivity contribution in [3.63, 3.8) is 0 Å². The molecule has 0 aromatic heterocycles. The molecule has 3 heteroatoms. The largest absolute Gasteiger partial charge is 0.508 e. The van der Waals surface area contributed by atoms with Crippen LogP contribution in [0.5, 0.6) is 5.75 Å². The first-order chi connectivity index (χ1) is 6.59. The van der Waals surface area contributed by atoms with E-state index in [4.69, 9.17) is 9.84 Å². The molecule has 1 aromatic rings. The van der Waals surface area contributed by atoms with Gasteiger partial charge in [-0.3, -0.25) is 4.79 Å². The number of ketones is 1. The molecule has 1 N–H and O–H groups in total. The molecule has 0 aliphatic carbocycles. The molecule has 0 aliphatic heterocycles. The third-order valence-corrected chi connectivity index (χ3v) is 1.74. The van der Waals surface area contributed by atoms with Crippen LogP contribution in [0.1, 0.15) is 24.2 Å². The van der Waals surface area contributed by atoms with E-state index >= 15 is 0 Å². The van der Waals surface area contributed by atoms with Crippen LogP contribution in [0.4, 0.5) is 0 Å². The van der Waals surface area contributed by atoms with Gasteiger partial charge < -0.3 is 9.84 Å². The molecule has 0 fully saturated rings. The van der Waals surface area contributed by atoms with E-state index in [1.165, 1.54) is 12.1 Å². The minimum atomic E-state index is -0.0706. The zero-order valence-electron chi connectivity index (χ0n) is 8.36. The fraction of sp³-hybridized carbons (Fsp3) is 0.364. The predicted molar refractivity (Wildman–Crippen MR) is 53.5 cm³/mol. The van der Waals surface area contributed by atoms with Crippen molar-refractivity contribution in [2.45, 2.75) is 20.0 Å². The average molecular weight is 194 g/mol. The van der Waals surface area contributed by atoms with Crippen LogP contribution < -0.4 is 0 Å². The van der Waals surface area contributed by atoms with Gasteiger partial charge in [0.15, 0.2) is 5.78 Å². The molecule has 14 heavy (non-hydrogen) atoms. The number of rotatable bonds is 4. The molecule has 0 atom stereocenters. The van der Waals surface area contributed by atoms with E-state index in [0.29, 0.717) is 5.56 Å². The Morgan fingerprint density at radius 1 is 1.36 bits per heavy atom. The lowest BCUT2D eigenvalue weighted by atomic mass is 10.1. The number of ether oxygens (including phenoxy) is 1. The molecule has 0 bridgehead atoms. The van der Waals surface area contributed by atoms with Crippen LogP contribution in [0.2, 0.25) is 0 Å². The Labute approximate surface area is 83.3 Å². The van der Waals surface area contributed by atoms with Gasteiger partial charge >= 0.3 is 0 Å². The van der Waals surface area contributed by atoms with Crippen molar-refractivity contribution in [3.8, 4) is 5.75 Å². The van der Waals surface area contributed by atoms with Gasteiger partial charge in [-0.1, -0.05) is 0 Å². The molecule has 1 rings (SSSR count). The van der Waals surface area contributed by atoms with Gasteiger partial charge in [0.05, 0.1) is 6.10 Å². The van der Waals surface area contributed by atoms with Gasteiger partial charge in [0.2, 0.25) is 0 Å². The van der Waals surface area contributed by atoms with E-state index in [1.54, 1.807) is 12.1 Å². The number of Topliss-reactive ketones (excluding diaryl/α,β-unsaturated/α-hetero) is 1. The Hall–Kier alpha value is -1.35. The summed E-state index contributed by atoms with van der Waals surface area (Å²) in [5, 5.41) is 9.01. The molecule has 0 aliphatic rings. The molecular formula is C11H14O3. The number of phenols is 1. The molecule has 0 saturated heterocycles. The van der Waals surface area contributed by atoms with E-state index in [1.807, 2.05) is 13.8 Å². The Balaban J connectivity index is 2.57. The fourth-order valence-corrected chi connectivity index (χ4v) is 0.973. The van der Waals surface area contributed by atoms with Crippen LogP contribution in [-0.4, -0.2) is 23.6 Å². The second-order valence-corrected chi connectivity index (χ2v) is 3.33. The monoisotopic (exact) mass is 194 g/mol. The maximum atomic E-state index is 11.5. The number of hydrogen-bond acceptors (Lipinski definition) is 3. The lowest BCUT2D eigenvalue weighted by molar-refractivity contribution is 0.0585. The second-order valence-electron chi connectivity index (χ2n) is 3.33. The zero-order chi connectivity index (χ0) is 10.6. The van der Waals surface area contributed by atoms with Gasteiger partial charge in [0.1, 0.15) is 12.4 Å². The molecule has 0 radical (unpaired) electrons. The fourth-order valence-electron chi connectivity index (χ4n) is 0.973. The summed E-state index contributed by atoms with van der Waals surface area (Å²) >= 11 is 0. The minimum absolute atomic E-state index is 0.0519. The van der Waals surface area contributed by atoms with Crippen LogP contribution in [-0.2, 0) is 4.74 Å². The van der Waals surface area contributed by atoms with Crippen molar-refractivity contribution in [3.05, 3.63) is 29.8 Å². The molecule has 3 nitrogen and oxygen atoms in total. The molecule has 0 unspecified atom stereocenters. The summed E-state index contributed by atoms with van der Waals surface area (Å²) < 4.78 is 5.18. The number of aromatic hydroxyl groups is 1. The summed E-state index contributed by atoms with van der Waals surface area (Å²) in [4.78, 5) is 11.5. The van der Waals surface area contributed by atoms with Crippen LogP contribution in [0, 0.1) is 0 Å². The topological polar surface area (TPSA) is 46.5 Å².